The number of aliphatic imine (C=N–C) groups is 1. The highest BCUT2D eigenvalue weighted by Gasteiger charge is 2.37. The van der Waals surface area contributed by atoms with E-state index in [2.05, 4.69) is 55.2 Å². The monoisotopic (exact) mass is 518 g/mol. The maximum absolute atomic E-state index is 12.0. The minimum Gasteiger partial charge on any atom is -0.497 e. The van der Waals surface area contributed by atoms with Crippen molar-refractivity contribution in [1.82, 2.24) is 15.1 Å². The van der Waals surface area contributed by atoms with Gasteiger partial charge in [-0.2, -0.15) is 0 Å². The number of carbonyl (C=O) groups is 1. The van der Waals surface area contributed by atoms with E-state index in [9.17, 15) is 4.79 Å². The third kappa shape index (κ3) is 6.74. The minimum atomic E-state index is -0.145. The number of nitrogens with one attached hydrogen (secondary N) is 1. The number of carbonyl (C=O) groups excluding carboxylic acids is 1. The summed E-state index contributed by atoms with van der Waals surface area (Å²) in [7, 11) is 7.24. The van der Waals surface area contributed by atoms with Crippen molar-refractivity contribution in [2.45, 2.75) is 19.9 Å². The number of benzene rings is 1. The maximum atomic E-state index is 12.0. The summed E-state index contributed by atoms with van der Waals surface area (Å²) < 4.78 is 10.3. The number of esters is 1. The summed E-state index contributed by atoms with van der Waals surface area (Å²) in [5.41, 5.74) is 1.16. The van der Waals surface area contributed by atoms with Crippen molar-refractivity contribution < 1.29 is 14.3 Å². The normalized spacial score (nSPS) is 20.2. The van der Waals surface area contributed by atoms with E-state index in [4.69, 9.17) is 14.5 Å². The topological polar surface area (TPSA) is 66.4 Å². The Labute approximate surface area is 191 Å². The van der Waals surface area contributed by atoms with E-state index >= 15 is 0 Å². The fourth-order valence-corrected chi connectivity index (χ4v) is 3.61. The molecule has 1 fully saturated rings. The summed E-state index contributed by atoms with van der Waals surface area (Å²) in [5.74, 6) is 1.66. The van der Waals surface area contributed by atoms with E-state index in [-0.39, 0.29) is 47.8 Å². The lowest BCUT2D eigenvalue weighted by Crippen LogP contribution is -2.41. The molecule has 3 atom stereocenters. The molecular weight excluding hydrogens is 483 g/mol. The third-order valence-corrected chi connectivity index (χ3v) is 5.27. The average Bonchev–Trinajstić information content (AvgIpc) is 3.08. The lowest BCUT2D eigenvalue weighted by molar-refractivity contribution is -0.145. The second-order valence-corrected chi connectivity index (χ2v) is 7.46. The molecule has 0 bridgehead atoms. The van der Waals surface area contributed by atoms with Crippen LogP contribution in [0.4, 0.5) is 0 Å². The Kier molecular flexibility index (Phi) is 10.7. The first kappa shape index (κ1) is 25.5. The Morgan fingerprint density at radius 2 is 2.07 bits per heavy atom. The van der Waals surface area contributed by atoms with Gasteiger partial charge in [0.15, 0.2) is 5.96 Å². The number of likely N-dealkylation sites (tertiary alicyclic amines) is 1. The summed E-state index contributed by atoms with van der Waals surface area (Å²) in [6.07, 6.45) is 0. The number of ether oxygens (including phenoxy) is 2. The predicted molar refractivity (Wildman–Crippen MR) is 127 cm³/mol. The Morgan fingerprint density at radius 3 is 2.66 bits per heavy atom. The van der Waals surface area contributed by atoms with Gasteiger partial charge >= 0.3 is 5.97 Å². The van der Waals surface area contributed by atoms with Crippen LogP contribution in [0.25, 0.3) is 0 Å². The molecule has 1 N–H and O–H groups in total. The molecule has 8 heteroatoms. The number of guanidine groups is 1. The van der Waals surface area contributed by atoms with Crippen LogP contribution in [-0.2, 0) is 9.53 Å². The number of likely N-dealkylation sites (N-methyl/N-ethyl adjacent to an activating group) is 1. The number of rotatable bonds is 7. The first-order valence-electron chi connectivity index (χ1n) is 9.82. The fourth-order valence-electron chi connectivity index (χ4n) is 3.61. The first-order chi connectivity index (χ1) is 13.4. The van der Waals surface area contributed by atoms with E-state index in [0.717, 1.165) is 30.4 Å². The van der Waals surface area contributed by atoms with Crippen LogP contribution < -0.4 is 10.1 Å². The molecule has 1 aromatic carbocycles. The highest BCUT2D eigenvalue weighted by atomic mass is 127. The lowest BCUT2D eigenvalue weighted by Gasteiger charge is -2.26. The van der Waals surface area contributed by atoms with Crippen LogP contribution in [0.2, 0.25) is 0 Å². The first-order valence-corrected chi connectivity index (χ1v) is 9.82. The molecule has 3 unspecified atom stereocenters. The average molecular weight is 518 g/mol. The second kappa shape index (κ2) is 12.2. The van der Waals surface area contributed by atoms with Gasteiger partial charge in [-0.05, 0) is 44.6 Å². The molecule has 1 aliphatic heterocycles. The molecule has 7 nitrogen and oxygen atoms in total. The number of hydrogen-bond acceptors (Lipinski definition) is 5. The molecule has 1 aliphatic rings. The molecule has 0 aliphatic carbocycles. The Morgan fingerprint density at radius 1 is 1.34 bits per heavy atom. The standard InChI is InChI=1S/C21H34N4O3.HI/c1-7-22-21(25-13-15(2)18(14-25)20(26)28-6)23-12-19(24(3)4)16-9-8-10-17(11-16)27-5;/h8-11,15,18-19H,7,12-14H2,1-6H3,(H,22,23);1H. The quantitative estimate of drug-likeness (QED) is 0.259. The molecule has 29 heavy (non-hydrogen) atoms. The maximum Gasteiger partial charge on any atom is 0.310 e. The van der Waals surface area contributed by atoms with E-state index in [1.807, 2.05) is 12.1 Å². The zero-order chi connectivity index (χ0) is 20.7. The number of halogens is 1. The summed E-state index contributed by atoms with van der Waals surface area (Å²) in [6.45, 7) is 6.94. The number of methoxy groups -OCH3 is 2. The molecule has 2 rings (SSSR count). The van der Waals surface area contributed by atoms with Crippen LogP contribution in [-0.4, -0.2) is 76.2 Å². The minimum absolute atomic E-state index is 0. The molecule has 0 amide bonds. The third-order valence-electron chi connectivity index (χ3n) is 5.27. The highest BCUT2D eigenvalue weighted by molar-refractivity contribution is 14.0. The van der Waals surface area contributed by atoms with Crippen LogP contribution in [0.3, 0.4) is 0 Å². The van der Waals surface area contributed by atoms with Crippen molar-refractivity contribution in [3.05, 3.63) is 29.8 Å². The molecular formula is C21H35IN4O3. The van der Waals surface area contributed by atoms with Crippen molar-refractivity contribution in [2.75, 3.05) is 54.5 Å². The largest absolute Gasteiger partial charge is 0.497 e. The molecule has 0 saturated carbocycles. The number of nitrogens with zero attached hydrogens (tertiary/aromatic N) is 3. The van der Waals surface area contributed by atoms with Gasteiger partial charge in [0.2, 0.25) is 0 Å². The van der Waals surface area contributed by atoms with Gasteiger partial charge in [0, 0.05) is 19.6 Å². The van der Waals surface area contributed by atoms with E-state index < -0.39 is 0 Å². The summed E-state index contributed by atoms with van der Waals surface area (Å²) in [5, 5.41) is 3.37. The molecule has 164 valence electrons. The second-order valence-electron chi connectivity index (χ2n) is 7.46. The molecule has 0 aromatic heterocycles. The van der Waals surface area contributed by atoms with Gasteiger partial charge in [-0.1, -0.05) is 19.1 Å². The predicted octanol–water partition coefficient (Wildman–Crippen LogP) is 2.62. The van der Waals surface area contributed by atoms with Crippen LogP contribution >= 0.6 is 24.0 Å². The van der Waals surface area contributed by atoms with Crippen LogP contribution in [0.5, 0.6) is 5.75 Å². The van der Waals surface area contributed by atoms with Crippen LogP contribution in [0.15, 0.2) is 29.3 Å². The number of hydrogen-bond donors (Lipinski definition) is 1. The molecule has 1 saturated heterocycles. The van der Waals surface area contributed by atoms with E-state index in [1.54, 1.807) is 7.11 Å². The van der Waals surface area contributed by atoms with Gasteiger partial charge in [0.05, 0.1) is 32.7 Å². The Bertz CT molecular complexity index is 684. The Hall–Kier alpha value is -1.55. The molecule has 1 heterocycles. The summed E-state index contributed by atoms with van der Waals surface area (Å²) in [4.78, 5) is 21.2. The Balaban J connectivity index is 0.00000420. The zero-order valence-electron chi connectivity index (χ0n) is 18.3. The van der Waals surface area contributed by atoms with E-state index in [0.29, 0.717) is 13.1 Å². The smallest absolute Gasteiger partial charge is 0.310 e. The zero-order valence-corrected chi connectivity index (χ0v) is 20.7. The van der Waals surface area contributed by atoms with Crippen LogP contribution in [0, 0.1) is 11.8 Å². The van der Waals surface area contributed by atoms with Crippen molar-refractivity contribution in [1.29, 1.82) is 0 Å². The summed E-state index contributed by atoms with van der Waals surface area (Å²) in [6, 6.07) is 8.23. The van der Waals surface area contributed by atoms with Crippen molar-refractivity contribution in [3.8, 4) is 5.75 Å². The van der Waals surface area contributed by atoms with Gasteiger partial charge in [0.1, 0.15) is 5.75 Å². The lowest BCUT2D eigenvalue weighted by atomic mass is 9.99. The van der Waals surface area contributed by atoms with Gasteiger partial charge in [0.25, 0.3) is 0 Å². The molecule has 1 aromatic rings. The van der Waals surface area contributed by atoms with Gasteiger partial charge in [-0.15, -0.1) is 24.0 Å². The SMILES string of the molecule is CCNC(=NCC(c1cccc(OC)c1)N(C)C)N1CC(C)C(C(=O)OC)C1.I. The van der Waals surface area contributed by atoms with Crippen LogP contribution in [0.1, 0.15) is 25.5 Å². The molecule has 0 spiro atoms. The van der Waals surface area contributed by atoms with Crippen molar-refractivity contribution in [2.24, 2.45) is 16.8 Å². The van der Waals surface area contributed by atoms with Gasteiger partial charge in [-0.25, -0.2) is 0 Å². The summed E-state index contributed by atoms with van der Waals surface area (Å²) >= 11 is 0. The van der Waals surface area contributed by atoms with Crippen molar-refractivity contribution >= 4 is 35.9 Å². The van der Waals surface area contributed by atoms with Gasteiger partial charge < -0.3 is 24.6 Å². The van der Waals surface area contributed by atoms with Crippen molar-refractivity contribution in [3.63, 3.8) is 0 Å². The van der Waals surface area contributed by atoms with Gasteiger partial charge in [-0.3, -0.25) is 9.79 Å². The van der Waals surface area contributed by atoms with E-state index in [1.165, 1.54) is 7.11 Å². The fraction of sp³-hybridized carbons (Fsp3) is 0.619. The highest BCUT2D eigenvalue weighted by Crippen LogP contribution is 2.25. The molecule has 0 radical (unpaired) electrons.